The summed E-state index contributed by atoms with van der Waals surface area (Å²) in [6.07, 6.45) is 5.89. The molecule has 0 aliphatic carbocycles. The van der Waals surface area contributed by atoms with Gasteiger partial charge in [0.2, 0.25) is 0 Å². The van der Waals surface area contributed by atoms with E-state index in [1.165, 1.54) is 5.56 Å². The van der Waals surface area contributed by atoms with Crippen LogP contribution in [0, 0.1) is 11.8 Å². The maximum atomic E-state index is 12.6. The molecule has 180 valence electrons. The van der Waals surface area contributed by atoms with E-state index in [1.54, 1.807) is 12.5 Å². The monoisotopic (exact) mass is 490 g/mol. The fourth-order valence-electron chi connectivity index (χ4n) is 4.61. The van der Waals surface area contributed by atoms with Crippen molar-refractivity contribution in [1.82, 2.24) is 19.9 Å². The number of morpholine rings is 1. The fraction of sp³-hybridized carbons (Fsp3) is 0.385. The second-order valence-electron chi connectivity index (χ2n) is 8.72. The standard InChI is InChI=1S/C26H27ClN6O2/c1-2-3-19(33-8-10-35-11-9-33)6-7-25(34)32-24-14-20-23(15-28-24)29-16-30-26(20)22-12-17-4-5-18(27)13-21(17)31-22/h4-5,13-16,19,22,31H,2-3,8-12H2,1H3,(H,28,32,34). The van der Waals surface area contributed by atoms with Gasteiger partial charge in [-0.05, 0) is 36.1 Å². The Hall–Kier alpha value is -3.25. The van der Waals surface area contributed by atoms with Crippen molar-refractivity contribution in [1.29, 1.82) is 0 Å². The second kappa shape index (κ2) is 10.6. The summed E-state index contributed by atoms with van der Waals surface area (Å²) >= 11 is 6.15. The Morgan fingerprint density at radius 1 is 1.29 bits per heavy atom. The van der Waals surface area contributed by atoms with E-state index in [9.17, 15) is 4.79 Å². The number of nitrogens with one attached hydrogen (secondary N) is 2. The lowest BCUT2D eigenvalue weighted by molar-refractivity contribution is -0.111. The van der Waals surface area contributed by atoms with E-state index in [-0.39, 0.29) is 18.0 Å². The summed E-state index contributed by atoms with van der Waals surface area (Å²) in [5.74, 6) is 5.96. The molecule has 0 saturated carbocycles. The number of pyridine rings is 1. The van der Waals surface area contributed by atoms with Gasteiger partial charge in [-0.1, -0.05) is 36.9 Å². The predicted octanol–water partition coefficient (Wildman–Crippen LogP) is 3.83. The van der Waals surface area contributed by atoms with Gasteiger partial charge in [-0.25, -0.2) is 15.0 Å². The van der Waals surface area contributed by atoms with Gasteiger partial charge in [0.25, 0.3) is 0 Å². The van der Waals surface area contributed by atoms with Gasteiger partial charge in [0, 0.05) is 35.6 Å². The zero-order valence-corrected chi connectivity index (χ0v) is 20.3. The number of hydrogen-bond acceptors (Lipinski definition) is 7. The third-order valence-electron chi connectivity index (χ3n) is 6.35. The van der Waals surface area contributed by atoms with Gasteiger partial charge < -0.3 is 10.1 Å². The molecule has 2 aliphatic rings. The van der Waals surface area contributed by atoms with Crippen LogP contribution in [0.5, 0.6) is 0 Å². The fourth-order valence-corrected chi connectivity index (χ4v) is 4.79. The van der Waals surface area contributed by atoms with E-state index in [2.05, 4.69) is 49.3 Å². The molecule has 35 heavy (non-hydrogen) atoms. The van der Waals surface area contributed by atoms with Gasteiger partial charge in [-0.2, -0.15) is 0 Å². The maximum Gasteiger partial charge on any atom is 0.301 e. The number of ether oxygens (including phenoxy) is 1. The third-order valence-corrected chi connectivity index (χ3v) is 6.59. The van der Waals surface area contributed by atoms with E-state index < -0.39 is 0 Å². The number of fused-ring (bicyclic) bond motifs is 2. The quantitative estimate of drug-likeness (QED) is 0.525. The number of benzene rings is 1. The third kappa shape index (κ3) is 5.38. The predicted molar refractivity (Wildman–Crippen MR) is 136 cm³/mol. The van der Waals surface area contributed by atoms with Gasteiger partial charge >= 0.3 is 5.91 Å². The molecule has 2 unspecified atom stereocenters. The lowest BCUT2D eigenvalue weighted by Crippen LogP contribution is -2.43. The minimum atomic E-state index is -0.384. The first-order chi connectivity index (χ1) is 17.1. The molecule has 5 rings (SSSR count). The molecule has 2 aromatic heterocycles. The van der Waals surface area contributed by atoms with Crippen molar-refractivity contribution in [3.8, 4) is 11.8 Å². The van der Waals surface area contributed by atoms with Gasteiger partial charge in [0.05, 0.1) is 42.7 Å². The number of aromatic nitrogens is 3. The summed E-state index contributed by atoms with van der Waals surface area (Å²) < 4.78 is 5.44. The largest absolute Gasteiger partial charge is 0.379 e. The Labute approximate surface area is 209 Å². The van der Waals surface area contributed by atoms with Crippen molar-refractivity contribution in [2.75, 3.05) is 36.9 Å². The number of hydrogen-bond donors (Lipinski definition) is 2. The van der Waals surface area contributed by atoms with Gasteiger partial charge in [0.1, 0.15) is 12.1 Å². The van der Waals surface area contributed by atoms with Crippen molar-refractivity contribution in [3.63, 3.8) is 0 Å². The molecule has 4 heterocycles. The van der Waals surface area contributed by atoms with Crippen LogP contribution in [-0.2, 0) is 16.0 Å². The Morgan fingerprint density at radius 2 is 2.14 bits per heavy atom. The van der Waals surface area contributed by atoms with E-state index in [0.717, 1.165) is 49.1 Å². The molecule has 2 atom stereocenters. The zero-order valence-electron chi connectivity index (χ0n) is 19.6. The van der Waals surface area contributed by atoms with E-state index in [4.69, 9.17) is 16.3 Å². The Bertz CT molecular complexity index is 1300. The number of nitrogens with zero attached hydrogens (tertiary/aromatic N) is 4. The molecule has 0 spiro atoms. The summed E-state index contributed by atoms with van der Waals surface area (Å²) in [5.41, 5.74) is 3.76. The molecular formula is C26H27ClN6O2. The van der Waals surface area contributed by atoms with Crippen molar-refractivity contribution in [3.05, 3.63) is 53.1 Å². The number of anilines is 2. The first-order valence-electron chi connectivity index (χ1n) is 11.9. The summed E-state index contributed by atoms with van der Waals surface area (Å²) in [6.45, 7) is 5.20. The molecule has 2 aliphatic heterocycles. The zero-order chi connectivity index (χ0) is 24.2. The van der Waals surface area contributed by atoms with Crippen molar-refractivity contribution in [2.45, 2.75) is 38.3 Å². The smallest absolute Gasteiger partial charge is 0.301 e. The minimum Gasteiger partial charge on any atom is -0.379 e. The van der Waals surface area contributed by atoms with Crippen LogP contribution in [0.2, 0.25) is 5.02 Å². The first-order valence-corrected chi connectivity index (χ1v) is 12.3. The molecule has 0 radical (unpaired) electrons. The average Bonchev–Trinajstić information content (AvgIpc) is 3.29. The highest BCUT2D eigenvalue weighted by atomic mass is 35.5. The lowest BCUT2D eigenvalue weighted by atomic mass is 10.0. The van der Waals surface area contributed by atoms with Crippen LogP contribution in [0.3, 0.4) is 0 Å². The molecule has 1 amide bonds. The number of carbonyl (C=O) groups is 1. The Morgan fingerprint density at radius 3 is 2.97 bits per heavy atom. The van der Waals surface area contributed by atoms with Crippen LogP contribution in [0.1, 0.15) is 37.1 Å². The second-order valence-corrected chi connectivity index (χ2v) is 9.16. The number of rotatable bonds is 5. The minimum absolute atomic E-state index is 0.0250. The van der Waals surface area contributed by atoms with Crippen molar-refractivity contribution < 1.29 is 9.53 Å². The van der Waals surface area contributed by atoms with Crippen molar-refractivity contribution >= 4 is 39.9 Å². The molecule has 1 aromatic carbocycles. The Kier molecular flexibility index (Phi) is 7.09. The molecule has 1 saturated heterocycles. The molecule has 8 nitrogen and oxygen atoms in total. The molecule has 0 bridgehead atoms. The van der Waals surface area contributed by atoms with Crippen LogP contribution in [-0.4, -0.2) is 58.1 Å². The molecular weight excluding hydrogens is 464 g/mol. The highest BCUT2D eigenvalue weighted by Gasteiger charge is 2.25. The number of amides is 1. The highest BCUT2D eigenvalue weighted by Crippen LogP contribution is 2.37. The van der Waals surface area contributed by atoms with Gasteiger partial charge in [0.15, 0.2) is 0 Å². The molecule has 2 N–H and O–H groups in total. The van der Waals surface area contributed by atoms with Crippen molar-refractivity contribution in [2.24, 2.45) is 0 Å². The molecule has 9 heteroatoms. The summed E-state index contributed by atoms with van der Waals surface area (Å²) in [4.78, 5) is 28.2. The lowest BCUT2D eigenvalue weighted by Gasteiger charge is -2.31. The topological polar surface area (TPSA) is 92.3 Å². The number of carbonyl (C=O) groups excluding carboxylic acids is 1. The van der Waals surface area contributed by atoms with E-state index >= 15 is 0 Å². The summed E-state index contributed by atoms with van der Waals surface area (Å²) in [6, 6.07) is 7.68. The highest BCUT2D eigenvalue weighted by molar-refractivity contribution is 6.30. The first kappa shape index (κ1) is 23.5. The SMILES string of the molecule is CCCC(C#CC(=O)Nc1cc2c(C3Cc4ccc(Cl)cc4N3)ncnc2cn1)N1CCOCC1. The Balaban J connectivity index is 1.34. The molecule has 1 fully saturated rings. The maximum absolute atomic E-state index is 12.6. The van der Waals surface area contributed by atoms with Gasteiger partial charge in [-0.15, -0.1) is 0 Å². The normalized spacial score (nSPS) is 18.3. The van der Waals surface area contributed by atoms with Crippen LogP contribution >= 0.6 is 11.6 Å². The average molecular weight is 491 g/mol. The van der Waals surface area contributed by atoms with Gasteiger partial charge in [-0.3, -0.25) is 15.0 Å². The van der Waals surface area contributed by atoms with Crippen LogP contribution in [0.25, 0.3) is 10.9 Å². The van der Waals surface area contributed by atoms with E-state index in [1.807, 2.05) is 24.3 Å². The van der Waals surface area contributed by atoms with E-state index in [0.29, 0.717) is 29.6 Å². The van der Waals surface area contributed by atoms with Crippen LogP contribution < -0.4 is 10.6 Å². The summed E-state index contributed by atoms with van der Waals surface area (Å²) in [7, 11) is 0. The van der Waals surface area contributed by atoms with Crippen LogP contribution in [0.4, 0.5) is 11.5 Å². The number of halogens is 1. The summed E-state index contributed by atoms with van der Waals surface area (Å²) in [5, 5.41) is 7.84. The molecule has 3 aromatic rings. The van der Waals surface area contributed by atoms with Crippen LogP contribution in [0.15, 0.2) is 36.8 Å².